The minimum Gasteiger partial charge on any atom is -0.478 e. The molecule has 1 atom stereocenters. The van der Waals surface area contributed by atoms with Crippen molar-refractivity contribution in [2.45, 2.75) is 51.0 Å². The van der Waals surface area contributed by atoms with Gasteiger partial charge in [-0.3, -0.25) is 4.90 Å². The van der Waals surface area contributed by atoms with E-state index < -0.39 is 5.97 Å². The number of hydrogen-bond acceptors (Lipinski definition) is 8. The molecule has 2 aliphatic heterocycles. The van der Waals surface area contributed by atoms with Gasteiger partial charge in [-0.05, 0) is 68.8 Å². The molecule has 4 aromatic rings. The van der Waals surface area contributed by atoms with Crippen LogP contribution in [0.2, 0.25) is 0 Å². The second-order valence-corrected chi connectivity index (χ2v) is 11.2. The Hall–Kier alpha value is -3.78. The van der Waals surface area contributed by atoms with Crippen LogP contribution in [0, 0.1) is 11.3 Å². The molecule has 0 radical (unpaired) electrons. The molecule has 2 aliphatic rings. The quantitative estimate of drug-likeness (QED) is 0.320. The Balaban J connectivity index is 1.11. The number of thiophene rings is 1. The molecular formula is C29H29N5O4S. The second-order valence-electron chi connectivity index (χ2n) is 10.0. The highest BCUT2D eigenvalue weighted by Crippen LogP contribution is 2.30. The average Bonchev–Trinajstić information content (AvgIpc) is 3.53. The molecular weight excluding hydrogens is 514 g/mol. The van der Waals surface area contributed by atoms with E-state index in [0.29, 0.717) is 36.4 Å². The van der Waals surface area contributed by atoms with Gasteiger partial charge in [0.05, 0.1) is 35.8 Å². The van der Waals surface area contributed by atoms with Crippen LogP contribution >= 0.6 is 11.3 Å². The summed E-state index contributed by atoms with van der Waals surface area (Å²) in [5, 5.41) is 18.5. The zero-order chi connectivity index (χ0) is 26.8. The number of ether oxygens (including phenoxy) is 2. The topological polar surface area (TPSA) is 114 Å². The minimum atomic E-state index is -0.934. The lowest BCUT2D eigenvalue weighted by atomic mass is 9.93. The number of likely N-dealkylation sites (tertiary alicyclic amines) is 1. The lowest BCUT2D eigenvalue weighted by Gasteiger charge is -2.32. The first-order valence-electron chi connectivity index (χ1n) is 13.2. The third-order valence-corrected chi connectivity index (χ3v) is 8.47. The van der Waals surface area contributed by atoms with Crippen LogP contribution in [0.15, 0.2) is 48.5 Å². The lowest BCUT2D eigenvalue weighted by Crippen LogP contribution is -2.35. The highest BCUT2D eigenvalue weighted by molar-refractivity contribution is 7.12. The predicted octanol–water partition coefficient (Wildman–Crippen LogP) is 4.81. The van der Waals surface area contributed by atoms with E-state index in [0.717, 1.165) is 66.4 Å². The molecule has 0 bridgehead atoms. The molecule has 2 fully saturated rings. The van der Waals surface area contributed by atoms with E-state index in [1.165, 1.54) is 11.3 Å². The summed E-state index contributed by atoms with van der Waals surface area (Å²) in [6.07, 6.45) is 3.13. The zero-order valence-corrected chi connectivity index (χ0v) is 22.3. The molecule has 39 heavy (non-hydrogen) atoms. The summed E-state index contributed by atoms with van der Waals surface area (Å²) in [6, 6.07) is 17.0. The van der Waals surface area contributed by atoms with E-state index in [1.807, 2.05) is 24.3 Å². The van der Waals surface area contributed by atoms with Gasteiger partial charge in [0.15, 0.2) is 0 Å². The molecule has 0 saturated carbocycles. The molecule has 200 valence electrons. The summed E-state index contributed by atoms with van der Waals surface area (Å²) in [5.41, 5.74) is 2.98. The minimum absolute atomic E-state index is 0.147. The van der Waals surface area contributed by atoms with Crippen LogP contribution in [0.4, 0.5) is 0 Å². The van der Waals surface area contributed by atoms with Gasteiger partial charge in [-0.2, -0.15) is 5.26 Å². The number of benzene rings is 1. The number of fused-ring (bicyclic) bond motifs is 1. The van der Waals surface area contributed by atoms with Gasteiger partial charge in [0.25, 0.3) is 0 Å². The van der Waals surface area contributed by atoms with E-state index >= 15 is 0 Å². The number of carboxylic acids is 1. The van der Waals surface area contributed by atoms with Gasteiger partial charge in [-0.25, -0.2) is 14.8 Å². The van der Waals surface area contributed by atoms with Gasteiger partial charge in [-0.1, -0.05) is 6.07 Å². The van der Waals surface area contributed by atoms with Gasteiger partial charge in [-0.15, -0.1) is 11.3 Å². The summed E-state index contributed by atoms with van der Waals surface area (Å²) in [4.78, 5) is 25.3. The fourth-order valence-electron chi connectivity index (χ4n) is 5.25. The van der Waals surface area contributed by atoms with Crippen molar-refractivity contribution in [1.29, 1.82) is 5.26 Å². The van der Waals surface area contributed by atoms with Gasteiger partial charge >= 0.3 is 5.97 Å². The van der Waals surface area contributed by atoms with Crippen molar-refractivity contribution >= 4 is 28.3 Å². The Morgan fingerprint density at radius 2 is 2.00 bits per heavy atom. The maximum atomic E-state index is 11.6. The van der Waals surface area contributed by atoms with E-state index in [4.69, 9.17) is 24.7 Å². The number of rotatable bonds is 9. The number of pyridine rings is 1. The summed E-state index contributed by atoms with van der Waals surface area (Å²) in [5.74, 6) is 0.977. The SMILES string of the molecule is N#Cc1ccc(COc2cccc(C3CCN(Cc4nc5ccc(C(=O)O)cc5n4CC4CCO4)CC3)n2)s1. The van der Waals surface area contributed by atoms with Crippen molar-refractivity contribution in [2.75, 3.05) is 19.7 Å². The second kappa shape index (κ2) is 11.1. The summed E-state index contributed by atoms with van der Waals surface area (Å²) < 4.78 is 13.7. The number of piperidine rings is 1. The molecule has 0 spiro atoms. The summed E-state index contributed by atoms with van der Waals surface area (Å²) >= 11 is 1.44. The number of imidazole rings is 1. The van der Waals surface area contributed by atoms with Crippen molar-refractivity contribution < 1.29 is 19.4 Å². The molecule has 2 saturated heterocycles. The van der Waals surface area contributed by atoms with E-state index in [2.05, 4.69) is 21.6 Å². The Bertz CT molecular complexity index is 1530. The molecule has 0 amide bonds. The Kier molecular flexibility index (Phi) is 7.28. The molecule has 5 heterocycles. The fraction of sp³-hybridized carbons (Fsp3) is 0.379. The van der Waals surface area contributed by atoms with Crippen LogP contribution in [-0.2, 0) is 24.4 Å². The smallest absolute Gasteiger partial charge is 0.335 e. The molecule has 3 aromatic heterocycles. The maximum Gasteiger partial charge on any atom is 0.335 e. The van der Waals surface area contributed by atoms with E-state index in [1.54, 1.807) is 18.2 Å². The number of aromatic nitrogens is 3. The molecule has 1 unspecified atom stereocenters. The molecule has 6 rings (SSSR count). The molecule has 1 N–H and O–H groups in total. The van der Waals surface area contributed by atoms with Crippen molar-refractivity contribution in [3.63, 3.8) is 0 Å². The van der Waals surface area contributed by atoms with Crippen molar-refractivity contribution in [3.05, 3.63) is 75.4 Å². The standard InChI is InChI=1S/C29H29N5O4S/c30-15-22-5-6-23(39-22)18-38-28-3-1-2-24(32-28)19-8-11-33(12-9-19)17-27-31-25-7-4-20(29(35)36)14-26(25)34(27)16-21-10-13-37-21/h1-7,14,19,21H,8-13,16-18H2,(H,35,36). The lowest BCUT2D eigenvalue weighted by molar-refractivity contribution is -0.0592. The third kappa shape index (κ3) is 5.66. The largest absolute Gasteiger partial charge is 0.478 e. The maximum absolute atomic E-state index is 11.6. The fourth-order valence-corrected chi connectivity index (χ4v) is 5.97. The monoisotopic (exact) mass is 543 g/mol. The van der Waals surface area contributed by atoms with Crippen molar-refractivity contribution in [3.8, 4) is 11.9 Å². The van der Waals surface area contributed by atoms with Crippen LogP contribution < -0.4 is 4.74 Å². The summed E-state index contributed by atoms with van der Waals surface area (Å²) in [7, 11) is 0. The first-order valence-corrected chi connectivity index (χ1v) is 14.0. The van der Waals surface area contributed by atoms with E-state index in [-0.39, 0.29) is 11.7 Å². The predicted molar refractivity (Wildman–Crippen MR) is 146 cm³/mol. The van der Waals surface area contributed by atoms with Gasteiger partial charge in [0.1, 0.15) is 23.4 Å². The van der Waals surface area contributed by atoms with Crippen LogP contribution in [0.1, 0.15) is 56.8 Å². The van der Waals surface area contributed by atoms with E-state index in [9.17, 15) is 9.90 Å². The number of nitriles is 1. The van der Waals surface area contributed by atoms with Gasteiger partial charge in [0, 0.05) is 29.2 Å². The Morgan fingerprint density at radius 1 is 1.15 bits per heavy atom. The normalized spacial score (nSPS) is 18.1. The Morgan fingerprint density at radius 3 is 2.72 bits per heavy atom. The highest BCUT2D eigenvalue weighted by Gasteiger charge is 2.26. The first-order chi connectivity index (χ1) is 19.1. The number of nitrogens with zero attached hydrogens (tertiary/aromatic N) is 5. The summed E-state index contributed by atoms with van der Waals surface area (Å²) in [6.45, 7) is 4.42. The molecule has 9 nitrogen and oxygen atoms in total. The number of aromatic carboxylic acids is 1. The van der Waals surface area contributed by atoms with Gasteiger partial charge in [0.2, 0.25) is 5.88 Å². The average molecular weight is 544 g/mol. The number of hydrogen-bond donors (Lipinski definition) is 1. The highest BCUT2D eigenvalue weighted by atomic mass is 32.1. The van der Waals surface area contributed by atoms with Crippen molar-refractivity contribution in [2.24, 2.45) is 0 Å². The molecule has 0 aliphatic carbocycles. The van der Waals surface area contributed by atoms with Crippen LogP contribution in [-0.4, -0.2) is 56.3 Å². The zero-order valence-electron chi connectivity index (χ0n) is 21.5. The number of carbonyl (C=O) groups is 1. The van der Waals surface area contributed by atoms with Crippen LogP contribution in [0.3, 0.4) is 0 Å². The first kappa shape index (κ1) is 25.5. The van der Waals surface area contributed by atoms with Crippen LogP contribution in [0.25, 0.3) is 11.0 Å². The Labute approximate surface area is 230 Å². The van der Waals surface area contributed by atoms with Crippen molar-refractivity contribution in [1.82, 2.24) is 19.4 Å². The van der Waals surface area contributed by atoms with Gasteiger partial charge < -0.3 is 19.1 Å². The molecule has 10 heteroatoms. The number of carboxylic acid groups (broad SMARTS) is 1. The molecule has 1 aromatic carbocycles. The third-order valence-electron chi connectivity index (χ3n) is 7.50. The van der Waals surface area contributed by atoms with Crippen LogP contribution in [0.5, 0.6) is 5.88 Å².